The number of carbonyl (C=O) groups excluding carboxylic acids is 1. The molecule has 0 saturated carbocycles. The number of nitrogens with one attached hydrogen (secondary N) is 1. The summed E-state index contributed by atoms with van der Waals surface area (Å²) in [5.74, 6) is -0.312. The van der Waals surface area contributed by atoms with Gasteiger partial charge < -0.3 is 15.0 Å². The molecule has 15 heavy (non-hydrogen) atoms. The number of hydrogen-bond donors (Lipinski definition) is 2. The summed E-state index contributed by atoms with van der Waals surface area (Å²) >= 11 is 11.6. The summed E-state index contributed by atoms with van der Waals surface area (Å²) < 4.78 is 1.49. The molecule has 0 aliphatic rings. The van der Waals surface area contributed by atoms with Crippen LogP contribution in [0.4, 0.5) is 0 Å². The number of aliphatic hydroxyl groups is 1. The van der Waals surface area contributed by atoms with Crippen molar-refractivity contribution in [2.75, 3.05) is 6.61 Å². The predicted octanol–water partition coefficient (Wildman–Crippen LogP) is 1.44. The van der Waals surface area contributed by atoms with Crippen LogP contribution in [0.25, 0.3) is 0 Å². The van der Waals surface area contributed by atoms with Gasteiger partial charge in [0, 0.05) is 13.1 Å². The fourth-order valence-electron chi connectivity index (χ4n) is 1.10. The van der Waals surface area contributed by atoms with E-state index in [4.69, 9.17) is 28.3 Å². The fraction of sp³-hybridized carbons (Fsp3) is 0.444. The summed E-state index contributed by atoms with van der Waals surface area (Å²) in [6, 6.07) is 1.19. The molecule has 0 radical (unpaired) electrons. The van der Waals surface area contributed by atoms with Crippen LogP contribution >= 0.6 is 23.2 Å². The SMILES string of the molecule is C[C@H](CO)NC(=O)c1cc(Cl)c(Cl)n1C. The Morgan fingerprint density at radius 2 is 2.27 bits per heavy atom. The Morgan fingerprint density at radius 3 is 2.67 bits per heavy atom. The monoisotopic (exact) mass is 250 g/mol. The van der Waals surface area contributed by atoms with Gasteiger partial charge in [-0.1, -0.05) is 23.2 Å². The van der Waals surface area contributed by atoms with Crippen molar-refractivity contribution in [2.24, 2.45) is 7.05 Å². The third kappa shape index (κ3) is 2.65. The van der Waals surface area contributed by atoms with Gasteiger partial charge in [-0.2, -0.15) is 0 Å². The van der Waals surface area contributed by atoms with Crippen LogP contribution in [0, 0.1) is 0 Å². The van der Waals surface area contributed by atoms with Crippen molar-refractivity contribution in [2.45, 2.75) is 13.0 Å². The molecule has 0 spiro atoms. The maximum Gasteiger partial charge on any atom is 0.268 e. The zero-order chi connectivity index (χ0) is 11.6. The highest BCUT2D eigenvalue weighted by molar-refractivity contribution is 6.41. The number of aliphatic hydroxyl groups excluding tert-OH is 1. The summed E-state index contributed by atoms with van der Waals surface area (Å²) in [5, 5.41) is 12.0. The Bertz CT molecular complexity index is 376. The van der Waals surface area contributed by atoms with Gasteiger partial charge >= 0.3 is 0 Å². The van der Waals surface area contributed by atoms with Gasteiger partial charge in [0.05, 0.1) is 11.6 Å². The molecule has 1 aromatic rings. The topological polar surface area (TPSA) is 54.3 Å². The zero-order valence-corrected chi connectivity index (χ0v) is 9.93. The van der Waals surface area contributed by atoms with Gasteiger partial charge in [0.1, 0.15) is 10.8 Å². The Kier molecular flexibility index (Phi) is 4.02. The molecule has 1 rings (SSSR count). The van der Waals surface area contributed by atoms with Gasteiger partial charge in [-0.25, -0.2) is 0 Å². The van der Waals surface area contributed by atoms with Crippen molar-refractivity contribution in [3.05, 3.63) is 21.9 Å². The van der Waals surface area contributed by atoms with Gasteiger partial charge in [-0.05, 0) is 13.0 Å². The van der Waals surface area contributed by atoms with E-state index in [1.54, 1.807) is 14.0 Å². The summed E-state index contributed by atoms with van der Waals surface area (Å²) in [6.07, 6.45) is 0. The lowest BCUT2D eigenvalue weighted by molar-refractivity contribution is 0.0914. The average Bonchev–Trinajstić information content (AvgIpc) is 2.45. The van der Waals surface area contributed by atoms with E-state index >= 15 is 0 Å². The molecule has 1 heterocycles. The number of aromatic nitrogens is 1. The van der Waals surface area contributed by atoms with Gasteiger partial charge in [0.15, 0.2) is 0 Å². The number of rotatable bonds is 3. The van der Waals surface area contributed by atoms with Crippen LogP contribution in [-0.2, 0) is 7.05 Å². The molecule has 1 amide bonds. The van der Waals surface area contributed by atoms with Gasteiger partial charge in [-0.3, -0.25) is 4.79 Å². The maximum absolute atomic E-state index is 11.6. The minimum Gasteiger partial charge on any atom is -0.394 e. The zero-order valence-electron chi connectivity index (χ0n) is 8.42. The Hall–Kier alpha value is -0.710. The van der Waals surface area contributed by atoms with Crippen molar-refractivity contribution < 1.29 is 9.90 Å². The molecule has 84 valence electrons. The van der Waals surface area contributed by atoms with Crippen LogP contribution in [0.5, 0.6) is 0 Å². The fourth-order valence-corrected chi connectivity index (χ4v) is 1.48. The largest absolute Gasteiger partial charge is 0.394 e. The van der Waals surface area contributed by atoms with E-state index in [9.17, 15) is 4.79 Å². The molecule has 0 aliphatic carbocycles. The summed E-state index contributed by atoms with van der Waals surface area (Å²) in [5.41, 5.74) is 0.366. The minimum atomic E-state index is -0.312. The number of amides is 1. The van der Waals surface area contributed by atoms with E-state index in [1.807, 2.05) is 0 Å². The van der Waals surface area contributed by atoms with E-state index in [1.165, 1.54) is 10.6 Å². The Morgan fingerprint density at radius 1 is 1.67 bits per heavy atom. The number of carbonyl (C=O) groups is 1. The molecule has 0 fully saturated rings. The minimum absolute atomic E-state index is 0.113. The first-order chi connectivity index (χ1) is 6.97. The molecule has 1 atom stereocenters. The van der Waals surface area contributed by atoms with Crippen molar-refractivity contribution in [1.82, 2.24) is 9.88 Å². The first kappa shape index (κ1) is 12.4. The highest BCUT2D eigenvalue weighted by Crippen LogP contribution is 2.24. The van der Waals surface area contributed by atoms with Gasteiger partial charge in [0.2, 0.25) is 0 Å². The molecular weight excluding hydrogens is 239 g/mol. The lowest BCUT2D eigenvalue weighted by Gasteiger charge is -2.11. The van der Waals surface area contributed by atoms with E-state index in [2.05, 4.69) is 5.32 Å². The average molecular weight is 251 g/mol. The molecule has 1 aromatic heterocycles. The lowest BCUT2D eigenvalue weighted by Crippen LogP contribution is -2.35. The number of halogens is 2. The van der Waals surface area contributed by atoms with Crippen LogP contribution in [0.3, 0.4) is 0 Å². The molecule has 2 N–H and O–H groups in total. The van der Waals surface area contributed by atoms with E-state index < -0.39 is 0 Å². The Balaban J connectivity index is 2.87. The third-order valence-corrected chi connectivity index (χ3v) is 2.84. The predicted molar refractivity (Wildman–Crippen MR) is 59.4 cm³/mol. The third-order valence-electron chi connectivity index (χ3n) is 2.00. The standard InChI is InChI=1S/C9H12Cl2N2O2/c1-5(4-14)12-9(15)7-3-6(10)8(11)13(7)2/h3,5,14H,4H2,1-2H3,(H,12,15)/t5-/m1/s1. The van der Waals surface area contributed by atoms with E-state index in [0.29, 0.717) is 15.9 Å². The summed E-state index contributed by atoms with van der Waals surface area (Å²) in [7, 11) is 1.65. The normalized spacial score (nSPS) is 12.6. The highest BCUT2D eigenvalue weighted by atomic mass is 35.5. The molecule has 6 heteroatoms. The van der Waals surface area contributed by atoms with Gasteiger partial charge in [0.25, 0.3) is 5.91 Å². The van der Waals surface area contributed by atoms with Crippen LogP contribution in [-0.4, -0.2) is 28.2 Å². The first-order valence-corrected chi connectivity index (χ1v) is 5.15. The maximum atomic E-state index is 11.6. The van der Waals surface area contributed by atoms with Crippen molar-refractivity contribution in [3.63, 3.8) is 0 Å². The lowest BCUT2D eigenvalue weighted by atomic mass is 10.3. The number of hydrogen-bond acceptors (Lipinski definition) is 2. The van der Waals surface area contributed by atoms with Crippen molar-refractivity contribution >= 4 is 29.1 Å². The van der Waals surface area contributed by atoms with Crippen LogP contribution in [0.15, 0.2) is 6.07 Å². The van der Waals surface area contributed by atoms with Crippen LogP contribution in [0.1, 0.15) is 17.4 Å². The second kappa shape index (κ2) is 4.88. The molecular formula is C9H12Cl2N2O2. The number of nitrogens with zero attached hydrogens (tertiary/aromatic N) is 1. The van der Waals surface area contributed by atoms with Crippen molar-refractivity contribution in [3.8, 4) is 0 Å². The highest BCUT2D eigenvalue weighted by Gasteiger charge is 2.16. The van der Waals surface area contributed by atoms with Gasteiger partial charge in [-0.15, -0.1) is 0 Å². The smallest absolute Gasteiger partial charge is 0.268 e. The summed E-state index contributed by atoms with van der Waals surface area (Å²) in [4.78, 5) is 11.6. The second-order valence-corrected chi connectivity index (χ2v) is 4.05. The first-order valence-electron chi connectivity index (χ1n) is 4.39. The van der Waals surface area contributed by atoms with E-state index in [-0.39, 0.29) is 18.6 Å². The second-order valence-electron chi connectivity index (χ2n) is 3.28. The molecule has 0 bridgehead atoms. The molecule has 0 unspecified atom stereocenters. The molecule has 0 aliphatic heterocycles. The van der Waals surface area contributed by atoms with E-state index in [0.717, 1.165) is 0 Å². The molecule has 0 saturated heterocycles. The molecule has 0 aromatic carbocycles. The summed E-state index contributed by atoms with van der Waals surface area (Å²) in [6.45, 7) is 1.59. The van der Waals surface area contributed by atoms with Crippen molar-refractivity contribution in [1.29, 1.82) is 0 Å². The quantitative estimate of drug-likeness (QED) is 0.854. The van der Waals surface area contributed by atoms with Crippen LogP contribution < -0.4 is 5.32 Å². The Labute approximate surface area is 97.8 Å². The van der Waals surface area contributed by atoms with Crippen LogP contribution in [0.2, 0.25) is 10.2 Å². The molecule has 4 nitrogen and oxygen atoms in total.